The molecule has 6 nitrogen and oxygen atoms in total. The number of nitrogens with zero attached hydrogens (tertiary/aromatic N) is 3. The van der Waals surface area contributed by atoms with Crippen LogP contribution in [0.4, 0.5) is 0 Å². The third kappa shape index (κ3) is 3.50. The molecule has 2 fully saturated rings. The van der Waals surface area contributed by atoms with Crippen LogP contribution in [0.3, 0.4) is 0 Å². The van der Waals surface area contributed by atoms with E-state index in [-0.39, 0.29) is 18.1 Å². The summed E-state index contributed by atoms with van der Waals surface area (Å²) in [5, 5.41) is 13.5. The second kappa shape index (κ2) is 6.79. The minimum Gasteiger partial charge on any atom is -0.393 e. The maximum atomic E-state index is 12.5. The average Bonchev–Trinajstić information content (AvgIpc) is 2.98. The molecule has 1 atom stereocenters. The number of aliphatic hydroxyl groups is 1. The summed E-state index contributed by atoms with van der Waals surface area (Å²) in [6, 6.07) is 2.05. The summed E-state index contributed by atoms with van der Waals surface area (Å²) in [4.78, 5) is 16.6. The van der Waals surface area contributed by atoms with E-state index in [1.165, 1.54) is 6.42 Å². The molecular weight excluding hydrogens is 282 g/mol. The highest BCUT2D eigenvalue weighted by atomic mass is 16.5. The smallest absolute Gasteiger partial charge is 0.276 e. The van der Waals surface area contributed by atoms with E-state index >= 15 is 0 Å². The van der Waals surface area contributed by atoms with Crippen molar-refractivity contribution in [2.24, 2.45) is 0 Å². The van der Waals surface area contributed by atoms with Crippen molar-refractivity contribution in [3.8, 4) is 0 Å². The molecule has 122 valence electrons. The third-order valence-corrected chi connectivity index (χ3v) is 4.78. The number of carbonyl (C=O) groups excluding carboxylic acids is 1. The molecule has 0 aromatic carbocycles. The Hall–Kier alpha value is -1.40. The maximum absolute atomic E-state index is 12.5. The van der Waals surface area contributed by atoms with Gasteiger partial charge < -0.3 is 14.5 Å². The van der Waals surface area contributed by atoms with Gasteiger partial charge >= 0.3 is 0 Å². The quantitative estimate of drug-likeness (QED) is 0.919. The van der Waals surface area contributed by atoms with Gasteiger partial charge in [-0.25, -0.2) is 0 Å². The first-order chi connectivity index (χ1) is 10.6. The van der Waals surface area contributed by atoms with Crippen LogP contribution in [0.2, 0.25) is 0 Å². The van der Waals surface area contributed by atoms with Crippen LogP contribution in [0.25, 0.3) is 0 Å². The predicted molar refractivity (Wildman–Crippen MR) is 81.4 cm³/mol. The Morgan fingerprint density at radius 3 is 2.82 bits per heavy atom. The van der Waals surface area contributed by atoms with Gasteiger partial charge in [-0.3, -0.25) is 9.69 Å². The summed E-state index contributed by atoms with van der Waals surface area (Å²) >= 11 is 0. The Morgan fingerprint density at radius 2 is 2.09 bits per heavy atom. The molecule has 0 aliphatic carbocycles. The van der Waals surface area contributed by atoms with Crippen LogP contribution in [-0.2, 0) is 6.54 Å². The highest BCUT2D eigenvalue weighted by molar-refractivity contribution is 5.92. The van der Waals surface area contributed by atoms with Crippen LogP contribution in [0.15, 0.2) is 10.6 Å². The number of aliphatic hydroxyl groups excluding tert-OH is 1. The van der Waals surface area contributed by atoms with Gasteiger partial charge in [-0.1, -0.05) is 5.16 Å². The van der Waals surface area contributed by atoms with Crippen molar-refractivity contribution in [2.75, 3.05) is 19.6 Å². The van der Waals surface area contributed by atoms with E-state index < -0.39 is 0 Å². The minimum atomic E-state index is -0.177. The van der Waals surface area contributed by atoms with Crippen LogP contribution in [-0.4, -0.2) is 57.8 Å². The molecule has 1 aromatic rings. The number of hydrogen-bond donors (Lipinski definition) is 1. The number of hydrogen-bond acceptors (Lipinski definition) is 5. The van der Waals surface area contributed by atoms with Gasteiger partial charge in [-0.15, -0.1) is 0 Å². The maximum Gasteiger partial charge on any atom is 0.276 e. The number of piperidine rings is 2. The summed E-state index contributed by atoms with van der Waals surface area (Å²) < 4.78 is 5.34. The van der Waals surface area contributed by atoms with Crippen molar-refractivity contribution >= 4 is 5.91 Å². The van der Waals surface area contributed by atoms with Crippen molar-refractivity contribution in [1.82, 2.24) is 15.0 Å². The van der Waals surface area contributed by atoms with E-state index in [0.29, 0.717) is 12.2 Å². The number of rotatable bonds is 3. The zero-order valence-corrected chi connectivity index (χ0v) is 13.2. The lowest BCUT2D eigenvalue weighted by Crippen LogP contribution is -2.42. The van der Waals surface area contributed by atoms with Crippen LogP contribution in [0.5, 0.6) is 0 Å². The average molecular weight is 307 g/mol. The van der Waals surface area contributed by atoms with Gasteiger partial charge in [0.1, 0.15) is 0 Å². The molecule has 3 heterocycles. The van der Waals surface area contributed by atoms with E-state index in [1.54, 1.807) is 6.07 Å². The first-order valence-corrected chi connectivity index (χ1v) is 8.30. The Kier molecular flexibility index (Phi) is 4.78. The lowest BCUT2D eigenvalue weighted by Gasteiger charge is -2.32. The zero-order chi connectivity index (χ0) is 15.5. The molecule has 3 rings (SSSR count). The molecule has 0 spiro atoms. The number of likely N-dealkylation sites (tertiary alicyclic amines) is 2. The summed E-state index contributed by atoms with van der Waals surface area (Å²) in [5.41, 5.74) is 0.417. The van der Waals surface area contributed by atoms with E-state index in [2.05, 4.69) is 17.0 Å². The van der Waals surface area contributed by atoms with Crippen molar-refractivity contribution in [2.45, 2.75) is 57.7 Å². The van der Waals surface area contributed by atoms with Gasteiger partial charge in [0.05, 0.1) is 12.6 Å². The second-order valence-corrected chi connectivity index (χ2v) is 6.53. The molecule has 1 aromatic heterocycles. The summed E-state index contributed by atoms with van der Waals surface area (Å²) in [5.74, 6) is 0.709. The predicted octanol–water partition coefficient (Wildman–Crippen LogP) is 1.65. The zero-order valence-electron chi connectivity index (χ0n) is 13.2. The fraction of sp³-hybridized carbons (Fsp3) is 0.750. The largest absolute Gasteiger partial charge is 0.393 e. The Balaban J connectivity index is 1.59. The number of aromatic nitrogens is 1. The molecule has 2 aliphatic heterocycles. The lowest BCUT2D eigenvalue weighted by atomic mass is 10.0. The topological polar surface area (TPSA) is 69.8 Å². The van der Waals surface area contributed by atoms with Crippen molar-refractivity contribution < 1.29 is 14.4 Å². The van der Waals surface area contributed by atoms with Gasteiger partial charge in [0.2, 0.25) is 0 Å². The summed E-state index contributed by atoms with van der Waals surface area (Å²) in [6.07, 6.45) is 4.74. The standard InChI is InChI=1S/C16H25N3O3/c1-12-4-2-3-7-19(12)16(21)15-10-14(22-17-15)11-18-8-5-13(20)6-9-18/h10,12-13,20H,2-9,11H2,1H3/t12-/m0/s1. The molecule has 0 radical (unpaired) electrons. The van der Waals surface area contributed by atoms with E-state index in [1.807, 2.05) is 4.90 Å². The van der Waals surface area contributed by atoms with Crippen LogP contribution in [0.1, 0.15) is 55.3 Å². The molecule has 1 amide bonds. The van der Waals surface area contributed by atoms with Gasteiger partial charge in [-0.2, -0.15) is 0 Å². The highest BCUT2D eigenvalue weighted by Crippen LogP contribution is 2.20. The Bertz CT molecular complexity index is 508. The number of carbonyl (C=O) groups is 1. The number of amides is 1. The van der Waals surface area contributed by atoms with E-state index in [9.17, 15) is 9.90 Å². The van der Waals surface area contributed by atoms with Gasteiger partial charge in [0.15, 0.2) is 11.5 Å². The fourth-order valence-corrected chi connectivity index (χ4v) is 3.33. The SMILES string of the molecule is C[C@H]1CCCCN1C(=O)c1cc(CN2CCC(O)CC2)on1. The van der Waals surface area contributed by atoms with Crippen LogP contribution >= 0.6 is 0 Å². The van der Waals surface area contributed by atoms with Gasteiger partial charge in [0.25, 0.3) is 5.91 Å². The molecule has 0 saturated carbocycles. The van der Waals surface area contributed by atoms with Crippen molar-refractivity contribution in [3.05, 3.63) is 17.5 Å². The van der Waals surface area contributed by atoms with E-state index in [4.69, 9.17) is 4.52 Å². The first-order valence-electron chi connectivity index (χ1n) is 8.30. The normalized spacial score (nSPS) is 24.6. The third-order valence-electron chi connectivity index (χ3n) is 4.78. The van der Waals surface area contributed by atoms with Crippen LogP contribution < -0.4 is 0 Å². The Labute approximate surface area is 131 Å². The molecule has 22 heavy (non-hydrogen) atoms. The minimum absolute atomic E-state index is 0.0173. The first kappa shape index (κ1) is 15.5. The molecule has 0 bridgehead atoms. The van der Waals surface area contributed by atoms with E-state index in [0.717, 1.165) is 51.1 Å². The molecule has 1 N–H and O–H groups in total. The van der Waals surface area contributed by atoms with Crippen molar-refractivity contribution in [3.63, 3.8) is 0 Å². The summed E-state index contributed by atoms with van der Waals surface area (Å²) in [6.45, 7) is 5.27. The molecule has 6 heteroatoms. The second-order valence-electron chi connectivity index (χ2n) is 6.53. The van der Waals surface area contributed by atoms with Gasteiger partial charge in [-0.05, 0) is 39.0 Å². The van der Waals surface area contributed by atoms with Gasteiger partial charge in [0, 0.05) is 31.7 Å². The molecule has 2 saturated heterocycles. The molecule has 0 unspecified atom stereocenters. The summed E-state index contributed by atoms with van der Waals surface area (Å²) in [7, 11) is 0. The fourth-order valence-electron chi connectivity index (χ4n) is 3.33. The Morgan fingerprint density at radius 1 is 1.32 bits per heavy atom. The monoisotopic (exact) mass is 307 g/mol. The van der Waals surface area contributed by atoms with Crippen molar-refractivity contribution in [1.29, 1.82) is 0 Å². The molecule has 2 aliphatic rings. The van der Waals surface area contributed by atoms with Crippen LogP contribution in [0, 0.1) is 0 Å². The molecular formula is C16H25N3O3. The highest BCUT2D eigenvalue weighted by Gasteiger charge is 2.27. The lowest BCUT2D eigenvalue weighted by molar-refractivity contribution is 0.0623.